The third kappa shape index (κ3) is 3.49. The number of hydrogen-bond donors (Lipinski definition) is 1. The zero-order chi connectivity index (χ0) is 13.0. The molecular formula is C16H24ClN. The van der Waals surface area contributed by atoms with E-state index in [1.54, 1.807) is 0 Å². The molecule has 100 valence electrons. The van der Waals surface area contributed by atoms with Gasteiger partial charge in [-0.3, -0.25) is 0 Å². The van der Waals surface area contributed by atoms with Crippen molar-refractivity contribution in [1.29, 1.82) is 0 Å². The van der Waals surface area contributed by atoms with Crippen LogP contribution in [0.3, 0.4) is 0 Å². The van der Waals surface area contributed by atoms with Crippen LogP contribution in [0.4, 0.5) is 0 Å². The Morgan fingerprint density at radius 3 is 2.67 bits per heavy atom. The van der Waals surface area contributed by atoms with Crippen molar-refractivity contribution in [2.24, 2.45) is 5.41 Å². The van der Waals surface area contributed by atoms with Crippen LogP contribution in [-0.4, -0.2) is 6.54 Å². The lowest BCUT2D eigenvalue weighted by Crippen LogP contribution is -2.32. The van der Waals surface area contributed by atoms with Gasteiger partial charge in [0.25, 0.3) is 0 Å². The molecule has 1 saturated carbocycles. The van der Waals surface area contributed by atoms with Gasteiger partial charge in [0, 0.05) is 17.6 Å². The molecule has 0 aliphatic heterocycles. The molecule has 1 aliphatic rings. The molecular weight excluding hydrogens is 242 g/mol. The van der Waals surface area contributed by atoms with Crippen molar-refractivity contribution >= 4 is 11.6 Å². The van der Waals surface area contributed by atoms with E-state index >= 15 is 0 Å². The van der Waals surface area contributed by atoms with Gasteiger partial charge >= 0.3 is 0 Å². The zero-order valence-corrected chi connectivity index (χ0v) is 12.3. The number of benzene rings is 1. The van der Waals surface area contributed by atoms with Gasteiger partial charge in [0.05, 0.1) is 0 Å². The molecule has 2 heteroatoms. The van der Waals surface area contributed by atoms with E-state index in [0.29, 0.717) is 11.5 Å². The molecule has 1 aromatic rings. The number of rotatable bonds is 5. The molecule has 1 N–H and O–H groups in total. The molecule has 1 unspecified atom stereocenters. The van der Waals surface area contributed by atoms with E-state index in [4.69, 9.17) is 11.6 Å². The minimum Gasteiger partial charge on any atom is -0.309 e. The molecule has 0 radical (unpaired) electrons. The van der Waals surface area contributed by atoms with Gasteiger partial charge in [0.1, 0.15) is 0 Å². The first-order chi connectivity index (χ1) is 8.63. The number of hydrogen-bond acceptors (Lipinski definition) is 1. The van der Waals surface area contributed by atoms with E-state index in [1.807, 2.05) is 12.1 Å². The van der Waals surface area contributed by atoms with Gasteiger partial charge in [-0.2, -0.15) is 0 Å². The van der Waals surface area contributed by atoms with Crippen LogP contribution in [0.2, 0.25) is 5.02 Å². The molecule has 0 spiro atoms. The number of nitrogens with one attached hydrogen (secondary N) is 1. The second-order valence-corrected chi connectivity index (χ2v) is 6.35. The fourth-order valence-corrected chi connectivity index (χ4v) is 3.19. The van der Waals surface area contributed by atoms with E-state index in [-0.39, 0.29) is 0 Å². The fraction of sp³-hybridized carbons (Fsp3) is 0.625. The van der Waals surface area contributed by atoms with Crippen LogP contribution < -0.4 is 5.32 Å². The zero-order valence-electron chi connectivity index (χ0n) is 11.5. The molecule has 0 saturated heterocycles. The normalized spacial score (nSPS) is 19.9. The van der Waals surface area contributed by atoms with Crippen molar-refractivity contribution in [2.75, 3.05) is 6.54 Å². The summed E-state index contributed by atoms with van der Waals surface area (Å²) in [6, 6.07) is 8.67. The third-order valence-corrected chi connectivity index (χ3v) is 4.48. The Balaban J connectivity index is 1.97. The minimum atomic E-state index is 0.432. The van der Waals surface area contributed by atoms with E-state index in [1.165, 1.54) is 31.2 Å². The maximum Gasteiger partial charge on any atom is 0.0409 e. The van der Waals surface area contributed by atoms with Crippen LogP contribution in [0.15, 0.2) is 24.3 Å². The highest BCUT2D eigenvalue weighted by Gasteiger charge is 2.28. The van der Waals surface area contributed by atoms with Crippen LogP contribution in [-0.2, 0) is 0 Å². The highest BCUT2D eigenvalue weighted by molar-refractivity contribution is 6.30. The van der Waals surface area contributed by atoms with Gasteiger partial charge < -0.3 is 5.32 Å². The molecule has 1 atom stereocenters. The monoisotopic (exact) mass is 265 g/mol. The molecule has 2 rings (SSSR count). The summed E-state index contributed by atoms with van der Waals surface area (Å²) in [5.74, 6) is 0. The summed E-state index contributed by atoms with van der Waals surface area (Å²) < 4.78 is 0. The van der Waals surface area contributed by atoms with Crippen LogP contribution >= 0.6 is 11.6 Å². The molecule has 1 nitrogen and oxygen atoms in total. The Bertz CT molecular complexity index is 382. The fourth-order valence-electron chi connectivity index (χ4n) is 3.00. The second kappa shape index (κ2) is 6.08. The molecule has 1 aliphatic carbocycles. The van der Waals surface area contributed by atoms with Crippen molar-refractivity contribution in [3.8, 4) is 0 Å². The Labute approximate surface area is 116 Å². The van der Waals surface area contributed by atoms with E-state index < -0.39 is 0 Å². The smallest absolute Gasteiger partial charge is 0.0409 e. The summed E-state index contributed by atoms with van der Waals surface area (Å²) >= 11 is 6.07. The summed E-state index contributed by atoms with van der Waals surface area (Å²) in [6.07, 6.45) is 6.63. The molecule has 18 heavy (non-hydrogen) atoms. The summed E-state index contributed by atoms with van der Waals surface area (Å²) in [4.78, 5) is 0. The van der Waals surface area contributed by atoms with Crippen LogP contribution in [0.5, 0.6) is 0 Å². The topological polar surface area (TPSA) is 12.0 Å². The average Bonchev–Trinajstić information content (AvgIpc) is 2.77. The van der Waals surface area contributed by atoms with Crippen molar-refractivity contribution < 1.29 is 0 Å². The van der Waals surface area contributed by atoms with Crippen molar-refractivity contribution in [3.05, 3.63) is 34.9 Å². The first-order valence-corrected chi connectivity index (χ1v) is 7.50. The van der Waals surface area contributed by atoms with Gasteiger partial charge in [-0.25, -0.2) is 0 Å². The first kappa shape index (κ1) is 13.9. The summed E-state index contributed by atoms with van der Waals surface area (Å²) in [5.41, 5.74) is 1.82. The van der Waals surface area contributed by atoms with Crippen molar-refractivity contribution in [2.45, 2.75) is 52.0 Å². The van der Waals surface area contributed by atoms with E-state index in [2.05, 4.69) is 31.3 Å². The highest BCUT2D eigenvalue weighted by atomic mass is 35.5. The number of halogens is 1. The minimum absolute atomic E-state index is 0.432. The Morgan fingerprint density at radius 1 is 1.33 bits per heavy atom. The Morgan fingerprint density at radius 2 is 2.06 bits per heavy atom. The lowest BCUT2D eigenvalue weighted by molar-refractivity contribution is 0.295. The van der Waals surface area contributed by atoms with E-state index in [0.717, 1.165) is 18.0 Å². The summed E-state index contributed by atoms with van der Waals surface area (Å²) in [6.45, 7) is 5.77. The maximum absolute atomic E-state index is 6.07. The SMILES string of the molecule is CCC(NCC1(C)CCCC1)c1cccc(Cl)c1. The lowest BCUT2D eigenvalue weighted by atomic mass is 9.88. The second-order valence-electron chi connectivity index (χ2n) is 5.91. The summed E-state index contributed by atoms with van der Waals surface area (Å²) in [5, 5.41) is 4.57. The van der Waals surface area contributed by atoms with Crippen LogP contribution in [0.25, 0.3) is 0 Å². The average molecular weight is 266 g/mol. The molecule has 0 heterocycles. The van der Waals surface area contributed by atoms with Gasteiger partial charge in [0.15, 0.2) is 0 Å². The maximum atomic E-state index is 6.07. The lowest BCUT2D eigenvalue weighted by Gasteiger charge is -2.27. The molecule has 0 aromatic heterocycles. The predicted octanol–water partition coefficient (Wildman–Crippen LogP) is 4.96. The Hall–Kier alpha value is -0.530. The molecule has 0 amide bonds. The van der Waals surface area contributed by atoms with Gasteiger partial charge in [-0.1, -0.05) is 50.4 Å². The van der Waals surface area contributed by atoms with Crippen molar-refractivity contribution in [3.63, 3.8) is 0 Å². The molecule has 1 aromatic carbocycles. The largest absolute Gasteiger partial charge is 0.309 e. The van der Waals surface area contributed by atoms with Crippen molar-refractivity contribution in [1.82, 2.24) is 5.32 Å². The first-order valence-electron chi connectivity index (χ1n) is 7.12. The standard InChI is InChI=1S/C16H24ClN/c1-3-15(13-7-6-8-14(17)11-13)18-12-16(2)9-4-5-10-16/h6-8,11,15,18H,3-5,9-10,12H2,1-2H3. The van der Waals surface area contributed by atoms with Crippen LogP contribution in [0.1, 0.15) is 57.6 Å². The van der Waals surface area contributed by atoms with Gasteiger partial charge in [0.2, 0.25) is 0 Å². The van der Waals surface area contributed by atoms with E-state index in [9.17, 15) is 0 Å². The molecule has 1 fully saturated rings. The molecule has 0 bridgehead atoms. The predicted molar refractivity (Wildman–Crippen MR) is 79.1 cm³/mol. The van der Waals surface area contributed by atoms with Crippen LogP contribution in [0, 0.1) is 5.41 Å². The quantitative estimate of drug-likeness (QED) is 0.793. The highest BCUT2D eigenvalue weighted by Crippen LogP contribution is 2.37. The Kier molecular flexibility index (Phi) is 4.69. The summed E-state index contributed by atoms with van der Waals surface area (Å²) in [7, 11) is 0. The van der Waals surface area contributed by atoms with Gasteiger partial charge in [-0.05, 0) is 42.4 Å². The third-order valence-electron chi connectivity index (χ3n) is 4.25. The van der Waals surface area contributed by atoms with Gasteiger partial charge in [-0.15, -0.1) is 0 Å².